The number of hydrogen-bond donors (Lipinski definition) is 4. The molecule has 4 rings (SSSR count). The Kier molecular flexibility index (Phi) is 11.2. The largest absolute Gasteiger partial charge is 0.346 e. The molecule has 4 N–H and O–H groups in total. The number of nitrogens with zero attached hydrogens (tertiary/aromatic N) is 2. The molecule has 4 fully saturated rings. The number of Topliss-reactive ketones (excluding diaryl/α,β-unsaturated/α-hetero) is 1. The first-order valence-corrected chi connectivity index (χ1v) is 18.3. The molecule has 13 heteroatoms. The first-order valence-electron chi connectivity index (χ1n) is 18.3. The lowest BCUT2D eigenvalue weighted by Gasteiger charge is -2.40. The van der Waals surface area contributed by atoms with Gasteiger partial charge in [0.05, 0.1) is 12.1 Å². The summed E-state index contributed by atoms with van der Waals surface area (Å²) >= 11 is 0. The van der Waals surface area contributed by atoms with Crippen molar-refractivity contribution in [2.75, 3.05) is 19.6 Å². The van der Waals surface area contributed by atoms with Gasteiger partial charge in [0.2, 0.25) is 29.4 Å². The van der Waals surface area contributed by atoms with Crippen molar-refractivity contribution in [3.8, 4) is 0 Å². The van der Waals surface area contributed by atoms with Gasteiger partial charge in [-0.1, -0.05) is 88.2 Å². The lowest BCUT2D eigenvalue weighted by atomic mass is 9.80. The molecule has 0 spiro atoms. The van der Waals surface area contributed by atoms with Crippen molar-refractivity contribution in [1.82, 2.24) is 31.1 Å². The minimum absolute atomic E-state index is 0.00202. The molecule has 13 nitrogen and oxygen atoms in total. The van der Waals surface area contributed by atoms with E-state index in [1.165, 1.54) is 15.9 Å². The van der Waals surface area contributed by atoms with Gasteiger partial charge in [0, 0.05) is 32.5 Å². The van der Waals surface area contributed by atoms with E-state index in [1.54, 1.807) is 0 Å². The molecule has 2 aliphatic carbocycles. The minimum Gasteiger partial charge on any atom is -0.346 e. The van der Waals surface area contributed by atoms with Crippen LogP contribution in [0.15, 0.2) is 12.7 Å². The summed E-state index contributed by atoms with van der Waals surface area (Å²) in [6.07, 6.45) is 4.10. The highest BCUT2D eigenvalue weighted by Crippen LogP contribution is 2.65. The number of nitrogens with one attached hydrogen (secondary N) is 4. The Hall–Kier alpha value is -3.77. The minimum atomic E-state index is -1.04. The summed E-state index contributed by atoms with van der Waals surface area (Å²) in [6, 6.07) is -4.20. The van der Waals surface area contributed by atoms with Crippen molar-refractivity contribution in [3.05, 3.63) is 12.7 Å². The number of amides is 7. The second kappa shape index (κ2) is 14.3. The summed E-state index contributed by atoms with van der Waals surface area (Å²) in [5.41, 5.74) is -1.96. The predicted octanol–water partition coefficient (Wildman–Crippen LogP) is 2.93. The Balaban J connectivity index is 1.52. The van der Waals surface area contributed by atoms with Gasteiger partial charge in [0.25, 0.3) is 5.91 Å². The van der Waals surface area contributed by atoms with Gasteiger partial charge >= 0.3 is 6.03 Å². The summed E-state index contributed by atoms with van der Waals surface area (Å²) in [6.45, 7) is 23.0. The van der Waals surface area contributed by atoms with Crippen LogP contribution in [-0.4, -0.2) is 95.0 Å². The number of likely N-dealkylation sites (tertiary alicyclic amines) is 2. The van der Waals surface area contributed by atoms with Crippen LogP contribution in [0.4, 0.5) is 4.79 Å². The summed E-state index contributed by atoms with van der Waals surface area (Å²) in [5, 5.41) is 11.2. The number of carbonyl (C=O) groups is 7. The zero-order chi connectivity index (χ0) is 38.4. The number of ketones is 1. The number of fused-ring (bicyclic) bond motifs is 1. The zero-order valence-electron chi connectivity index (χ0n) is 32.2. The number of imide groups is 1. The molecule has 0 aromatic heterocycles. The molecule has 51 heavy (non-hydrogen) atoms. The average Bonchev–Trinajstić information content (AvgIpc) is 3.84. The molecule has 4 aliphatic rings. The van der Waals surface area contributed by atoms with E-state index >= 15 is 0 Å². The fourth-order valence-corrected chi connectivity index (χ4v) is 7.68. The summed E-state index contributed by atoms with van der Waals surface area (Å²) < 4.78 is 0. The fourth-order valence-electron chi connectivity index (χ4n) is 7.68. The van der Waals surface area contributed by atoms with Crippen LogP contribution in [0.3, 0.4) is 0 Å². The quantitative estimate of drug-likeness (QED) is 0.129. The molecule has 2 saturated heterocycles. The van der Waals surface area contributed by atoms with E-state index < -0.39 is 69.9 Å². The molecule has 0 aromatic carbocycles. The Morgan fingerprint density at radius 2 is 1.49 bits per heavy atom. The number of hydrogen-bond acceptors (Lipinski definition) is 7. The van der Waals surface area contributed by atoms with Gasteiger partial charge < -0.3 is 26.2 Å². The first kappa shape index (κ1) is 40.0. The van der Waals surface area contributed by atoms with Crippen molar-refractivity contribution < 1.29 is 33.6 Å². The van der Waals surface area contributed by atoms with Gasteiger partial charge in [0.1, 0.15) is 12.1 Å². The van der Waals surface area contributed by atoms with Gasteiger partial charge in [-0.2, -0.15) is 0 Å². The highest BCUT2D eigenvalue weighted by Gasteiger charge is 2.70. The molecule has 0 aromatic rings. The number of urea groups is 1. The first-order chi connectivity index (χ1) is 23.4. The van der Waals surface area contributed by atoms with Crippen molar-refractivity contribution >= 4 is 41.4 Å². The second-order valence-electron chi connectivity index (χ2n) is 18.7. The lowest BCUT2D eigenvalue weighted by Crippen LogP contribution is -2.63. The molecular weight excluding hydrogens is 652 g/mol. The molecular formula is C38H60N6O7. The van der Waals surface area contributed by atoms with Crippen LogP contribution in [0, 0.1) is 39.4 Å². The van der Waals surface area contributed by atoms with E-state index in [4.69, 9.17) is 0 Å². The van der Waals surface area contributed by atoms with Crippen molar-refractivity contribution in [3.63, 3.8) is 0 Å². The molecule has 7 amide bonds. The Labute approximate surface area is 302 Å². The van der Waals surface area contributed by atoms with Crippen LogP contribution < -0.4 is 21.3 Å². The Morgan fingerprint density at radius 3 is 2.00 bits per heavy atom. The zero-order valence-corrected chi connectivity index (χ0v) is 32.2. The lowest BCUT2D eigenvalue weighted by molar-refractivity contribution is -0.153. The van der Waals surface area contributed by atoms with E-state index in [2.05, 4.69) is 41.7 Å². The smallest absolute Gasteiger partial charge is 0.315 e. The summed E-state index contributed by atoms with van der Waals surface area (Å²) in [4.78, 5) is 96.7. The summed E-state index contributed by atoms with van der Waals surface area (Å²) in [7, 11) is 0. The highest BCUT2D eigenvalue weighted by atomic mass is 16.2. The van der Waals surface area contributed by atoms with E-state index in [9.17, 15) is 33.6 Å². The van der Waals surface area contributed by atoms with Crippen molar-refractivity contribution in [2.24, 2.45) is 39.4 Å². The Bertz CT molecular complexity index is 1430. The second-order valence-corrected chi connectivity index (χ2v) is 18.7. The number of rotatable bonds is 13. The Morgan fingerprint density at radius 1 is 0.902 bits per heavy atom. The molecule has 0 radical (unpaired) electrons. The highest BCUT2D eigenvalue weighted by molar-refractivity contribution is 6.38. The standard InChI is InChI=1S/C38H60N6O7/c1-12-15-39-32(49)29(47)23(16-21-13-14-21)40-31(48)28-27-22(38(27,10)11)19-44(28)33(50)30(36(5,6)7)42-34(51)41-24(35(2,3)4)20-43-25(45)17-37(8,9)18-26(43)46/h12,21-24,27-28,30H,1,13-20H2,2-11H3,(H,39,49)(H,40,48)(H2,41,42,51)/t22-,23?,24?,27-,28-,30+/m0/s1. The summed E-state index contributed by atoms with van der Waals surface area (Å²) in [5.74, 6) is -2.86. The molecule has 0 bridgehead atoms. The third-order valence-electron chi connectivity index (χ3n) is 11.3. The third kappa shape index (κ3) is 9.18. The van der Waals surface area contributed by atoms with Gasteiger partial charge in [-0.3, -0.25) is 33.7 Å². The average molecular weight is 713 g/mol. The molecule has 2 heterocycles. The number of carbonyl (C=O) groups excluding carboxylic acids is 7. The maximum atomic E-state index is 14.5. The van der Waals surface area contributed by atoms with Crippen LogP contribution in [0.2, 0.25) is 0 Å². The molecule has 2 aliphatic heterocycles. The van der Waals surface area contributed by atoms with E-state index in [1.807, 2.05) is 55.4 Å². The van der Waals surface area contributed by atoms with E-state index in [0.717, 1.165) is 12.8 Å². The van der Waals surface area contributed by atoms with Crippen LogP contribution >= 0.6 is 0 Å². The van der Waals surface area contributed by atoms with Crippen molar-refractivity contribution in [2.45, 2.75) is 126 Å². The van der Waals surface area contributed by atoms with Crippen LogP contribution in [0.25, 0.3) is 0 Å². The van der Waals surface area contributed by atoms with Crippen molar-refractivity contribution in [1.29, 1.82) is 0 Å². The van der Waals surface area contributed by atoms with E-state index in [-0.39, 0.29) is 60.9 Å². The SMILES string of the molecule is C=CCNC(=O)C(=O)C(CC1CC1)NC(=O)[C@@H]1[C@@H]2[C@H](CN1C(=O)[C@@H](NC(=O)NC(CN1C(=O)CC(C)(C)CC1=O)C(C)(C)C)C(C)(C)C)C2(C)C. The van der Waals surface area contributed by atoms with Crippen LogP contribution in [0.1, 0.15) is 101 Å². The van der Waals surface area contributed by atoms with Gasteiger partial charge in [-0.25, -0.2) is 4.79 Å². The molecule has 2 unspecified atom stereocenters. The normalized spacial score (nSPS) is 25.6. The monoisotopic (exact) mass is 712 g/mol. The maximum absolute atomic E-state index is 14.5. The van der Waals surface area contributed by atoms with Gasteiger partial charge in [-0.05, 0) is 45.8 Å². The maximum Gasteiger partial charge on any atom is 0.315 e. The van der Waals surface area contributed by atoms with Crippen LogP contribution in [0.5, 0.6) is 0 Å². The third-order valence-corrected chi connectivity index (χ3v) is 11.3. The van der Waals surface area contributed by atoms with E-state index in [0.29, 0.717) is 13.0 Å². The van der Waals surface area contributed by atoms with Gasteiger partial charge in [0.15, 0.2) is 0 Å². The topological polar surface area (TPSA) is 174 Å². The predicted molar refractivity (Wildman–Crippen MR) is 192 cm³/mol. The molecule has 6 atom stereocenters. The van der Waals surface area contributed by atoms with Crippen LogP contribution in [-0.2, 0) is 28.8 Å². The number of piperidine rings is 2. The molecule has 284 valence electrons. The fraction of sp³-hybridized carbons (Fsp3) is 0.763. The molecule has 2 saturated carbocycles. The van der Waals surface area contributed by atoms with Gasteiger partial charge in [-0.15, -0.1) is 6.58 Å².